The summed E-state index contributed by atoms with van der Waals surface area (Å²) in [7, 11) is -4.13. The first-order chi connectivity index (χ1) is 8.28. The molecule has 1 fully saturated rings. The van der Waals surface area contributed by atoms with E-state index in [0.717, 1.165) is 6.20 Å². The van der Waals surface area contributed by atoms with Gasteiger partial charge >= 0.3 is 6.18 Å². The van der Waals surface area contributed by atoms with Gasteiger partial charge in [-0.3, -0.25) is 0 Å². The van der Waals surface area contributed by atoms with Gasteiger partial charge in [-0.05, 0) is 18.9 Å². The quantitative estimate of drug-likeness (QED) is 0.827. The summed E-state index contributed by atoms with van der Waals surface area (Å²) in [6, 6.07) is 1.99. The van der Waals surface area contributed by atoms with E-state index in [2.05, 4.69) is 4.98 Å². The number of alkyl halides is 3. The Morgan fingerprint density at radius 3 is 2.44 bits per heavy atom. The highest BCUT2D eigenvalue weighted by Crippen LogP contribution is 2.41. The summed E-state index contributed by atoms with van der Waals surface area (Å²) in [5.74, 6) is 0. The summed E-state index contributed by atoms with van der Waals surface area (Å²) in [5.41, 5.74) is -2.02. The predicted octanol–water partition coefficient (Wildman–Crippen LogP) is 1.91. The molecule has 0 aliphatic heterocycles. The Balaban J connectivity index is 2.75. The third-order valence-corrected chi connectivity index (χ3v) is 4.89. The molecule has 1 aliphatic carbocycles. The first kappa shape index (κ1) is 12.8. The van der Waals surface area contributed by atoms with Crippen molar-refractivity contribution in [2.24, 2.45) is 0 Å². The molecule has 96 valence electrons. The maximum atomic E-state index is 12.8. The Kier molecular flexibility index (Phi) is 2.81. The third kappa shape index (κ3) is 2.06. The zero-order chi connectivity index (χ0) is 13.6. The second kappa shape index (κ2) is 3.95. The first-order valence-corrected chi connectivity index (χ1v) is 6.53. The lowest BCUT2D eigenvalue weighted by Gasteiger charge is -2.13. The molecule has 1 heterocycles. The maximum Gasteiger partial charge on any atom is 0.417 e. The highest BCUT2D eigenvalue weighted by molar-refractivity contribution is 7.92. The van der Waals surface area contributed by atoms with Gasteiger partial charge in [0.15, 0.2) is 15.5 Å². The van der Waals surface area contributed by atoms with Gasteiger partial charge in [0.05, 0.1) is 10.8 Å². The van der Waals surface area contributed by atoms with Gasteiger partial charge in [0.25, 0.3) is 0 Å². The van der Waals surface area contributed by atoms with Gasteiger partial charge in [0.1, 0.15) is 11.0 Å². The molecule has 0 radical (unpaired) electrons. The summed E-state index contributed by atoms with van der Waals surface area (Å²) in [6.45, 7) is 0. The molecule has 8 heteroatoms. The van der Waals surface area contributed by atoms with E-state index in [1.807, 2.05) is 0 Å². The molecular formula is C10H7F3N2O2S. The van der Waals surface area contributed by atoms with Crippen molar-refractivity contribution in [1.29, 1.82) is 5.26 Å². The van der Waals surface area contributed by atoms with Gasteiger partial charge in [-0.15, -0.1) is 0 Å². The van der Waals surface area contributed by atoms with Crippen LogP contribution in [0.3, 0.4) is 0 Å². The van der Waals surface area contributed by atoms with E-state index in [1.165, 1.54) is 6.07 Å². The number of nitrogens with zero attached hydrogens (tertiary/aromatic N) is 2. The second-order valence-electron chi connectivity index (χ2n) is 3.89. The molecule has 1 saturated carbocycles. The fraction of sp³-hybridized carbons (Fsp3) is 0.400. The molecule has 0 spiro atoms. The molecule has 0 saturated heterocycles. The number of aromatic nitrogens is 1. The zero-order valence-corrected chi connectivity index (χ0v) is 9.72. The number of sulfone groups is 1. The molecule has 0 atom stereocenters. The molecule has 0 amide bonds. The van der Waals surface area contributed by atoms with Crippen molar-refractivity contribution < 1.29 is 21.6 Å². The van der Waals surface area contributed by atoms with Crippen LogP contribution in [0.5, 0.6) is 0 Å². The molecule has 0 N–H and O–H groups in total. The van der Waals surface area contributed by atoms with Gasteiger partial charge < -0.3 is 0 Å². The van der Waals surface area contributed by atoms with Gasteiger partial charge in [0, 0.05) is 6.20 Å². The fourth-order valence-electron chi connectivity index (χ4n) is 1.58. The Morgan fingerprint density at radius 2 is 2.00 bits per heavy atom. The van der Waals surface area contributed by atoms with Crippen LogP contribution >= 0.6 is 0 Å². The molecule has 2 rings (SSSR count). The number of hydrogen-bond acceptors (Lipinski definition) is 4. The van der Waals surface area contributed by atoms with Crippen molar-refractivity contribution in [2.45, 2.75) is 29.2 Å². The largest absolute Gasteiger partial charge is 0.417 e. The molecule has 0 bridgehead atoms. The van der Waals surface area contributed by atoms with E-state index >= 15 is 0 Å². The highest BCUT2D eigenvalue weighted by Gasteiger charge is 2.45. The number of hydrogen-bond donors (Lipinski definition) is 0. The number of pyridine rings is 1. The Labute approximate surface area is 101 Å². The van der Waals surface area contributed by atoms with E-state index in [1.54, 1.807) is 0 Å². The monoisotopic (exact) mass is 276 g/mol. The highest BCUT2D eigenvalue weighted by atomic mass is 32.2. The van der Waals surface area contributed by atoms with E-state index in [9.17, 15) is 21.6 Å². The summed E-state index contributed by atoms with van der Waals surface area (Å²) < 4.78 is 62.2. The molecule has 1 aromatic heterocycles. The molecule has 4 nitrogen and oxygen atoms in total. The van der Waals surface area contributed by atoms with Crippen LogP contribution in [0.4, 0.5) is 13.2 Å². The van der Waals surface area contributed by atoms with Crippen LogP contribution < -0.4 is 0 Å². The predicted molar refractivity (Wildman–Crippen MR) is 54.2 cm³/mol. The van der Waals surface area contributed by atoms with Crippen molar-refractivity contribution in [3.8, 4) is 6.07 Å². The minimum atomic E-state index is -4.83. The smallest absolute Gasteiger partial charge is 0.244 e. The average Bonchev–Trinajstić information content (AvgIpc) is 3.10. The van der Waals surface area contributed by atoms with Crippen LogP contribution in [0.25, 0.3) is 0 Å². The number of nitriles is 1. The summed E-state index contributed by atoms with van der Waals surface area (Å²) in [6.07, 6.45) is -3.40. The van der Waals surface area contributed by atoms with Gasteiger partial charge in [0.2, 0.25) is 0 Å². The topological polar surface area (TPSA) is 70.8 Å². The van der Waals surface area contributed by atoms with Crippen LogP contribution in [0, 0.1) is 11.3 Å². The van der Waals surface area contributed by atoms with E-state index in [4.69, 9.17) is 5.26 Å². The summed E-state index contributed by atoms with van der Waals surface area (Å²) in [5, 5.41) is 7.91. The lowest BCUT2D eigenvalue weighted by atomic mass is 10.2. The van der Waals surface area contributed by atoms with Crippen molar-refractivity contribution in [1.82, 2.24) is 4.98 Å². The van der Waals surface area contributed by atoms with E-state index in [0.29, 0.717) is 18.9 Å². The SMILES string of the molecule is N#Cc1nccc(C(F)(F)F)c1S(=O)(=O)C1CC1. The van der Waals surface area contributed by atoms with Crippen LogP contribution in [-0.4, -0.2) is 18.7 Å². The molecule has 0 aromatic carbocycles. The lowest BCUT2D eigenvalue weighted by Crippen LogP contribution is -2.18. The first-order valence-electron chi connectivity index (χ1n) is 4.98. The van der Waals surface area contributed by atoms with E-state index in [-0.39, 0.29) is 0 Å². The molecular weight excluding hydrogens is 269 g/mol. The average molecular weight is 276 g/mol. The standard InChI is InChI=1S/C10H7F3N2O2S/c11-10(12,13)7-3-4-15-8(5-14)9(7)18(16,17)6-1-2-6/h3-4,6H,1-2H2. The van der Waals surface area contributed by atoms with Crippen molar-refractivity contribution in [2.75, 3.05) is 0 Å². The number of halogens is 3. The normalized spacial score (nSPS) is 16.3. The van der Waals surface area contributed by atoms with Crippen molar-refractivity contribution in [3.05, 3.63) is 23.5 Å². The molecule has 18 heavy (non-hydrogen) atoms. The number of rotatable bonds is 2. The van der Waals surface area contributed by atoms with E-state index < -0.39 is 37.4 Å². The van der Waals surface area contributed by atoms with Crippen LogP contribution in [0.1, 0.15) is 24.1 Å². The summed E-state index contributed by atoms with van der Waals surface area (Å²) in [4.78, 5) is 2.42. The van der Waals surface area contributed by atoms with Gasteiger partial charge in [-0.25, -0.2) is 13.4 Å². The van der Waals surface area contributed by atoms with Crippen molar-refractivity contribution >= 4 is 9.84 Å². The maximum absolute atomic E-state index is 12.8. The van der Waals surface area contributed by atoms with Crippen LogP contribution in [-0.2, 0) is 16.0 Å². The minimum absolute atomic E-state index is 0.319. The lowest BCUT2D eigenvalue weighted by molar-refractivity contribution is -0.140. The van der Waals surface area contributed by atoms with Crippen molar-refractivity contribution in [3.63, 3.8) is 0 Å². The Morgan fingerprint density at radius 1 is 1.39 bits per heavy atom. The zero-order valence-electron chi connectivity index (χ0n) is 8.90. The molecule has 1 aromatic rings. The summed E-state index contributed by atoms with van der Waals surface area (Å²) >= 11 is 0. The second-order valence-corrected chi connectivity index (χ2v) is 6.06. The Bertz CT molecular complexity index is 628. The fourth-order valence-corrected chi connectivity index (χ4v) is 3.53. The molecule has 0 unspecified atom stereocenters. The van der Waals surface area contributed by atoms with Crippen LogP contribution in [0.2, 0.25) is 0 Å². The van der Waals surface area contributed by atoms with Crippen LogP contribution in [0.15, 0.2) is 17.2 Å². The minimum Gasteiger partial charge on any atom is -0.244 e. The molecule has 1 aliphatic rings. The van der Waals surface area contributed by atoms with Gasteiger partial charge in [-0.2, -0.15) is 18.4 Å². The van der Waals surface area contributed by atoms with Gasteiger partial charge in [-0.1, -0.05) is 0 Å². The Hall–Kier alpha value is -1.62. The third-order valence-electron chi connectivity index (χ3n) is 2.56.